The van der Waals surface area contributed by atoms with Crippen LogP contribution in [0.1, 0.15) is 21.6 Å². The topological polar surface area (TPSA) is 59.8 Å². The number of nitrogens with one attached hydrogen (secondary N) is 1. The highest BCUT2D eigenvalue weighted by Crippen LogP contribution is 2.23. The van der Waals surface area contributed by atoms with Gasteiger partial charge in [-0.3, -0.25) is 9.78 Å². The number of aryl methyl sites for hydroxylation is 1. The Kier molecular flexibility index (Phi) is 5.53. The minimum atomic E-state index is -0.171. The Morgan fingerprint density at radius 1 is 1.10 bits per heavy atom. The van der Waals surface area contributed by atoms with Crippen LogP contribution in [0.2, 0.25) is 0 Å². The molecule has 0 fully saturated rings. The van der Waals surface area contributed by atoms with Gasteiger partial charge >= 0.3 is 0 Å². The van der Waals surface area contributed by atoms with E-state index in [0.717, 1.165) is 27.0 Å². The van der Waals surface area contributed by atoms with Gasteiger partial charge in [0, 0.05) is 34.7 Å². The number of hydrogen-bond acceptors (Lipinski definition) is 3. The molecule has 0 aliphatic heterocycles. The molecular weight excluding hydrogens is 428 g/mol. The zero-order chi connectivity index (χ0) is 20.2. The fourth-order valence-corrected chi connectivity index (χ4v) is 3.55. The molecule has 2 aromatic carbocycles. The van der Waals surface area contributed by atoms with Crippen LogP contribution in [0.5, 0.6) is 0 Å². The van der Waals surface area contributed by atoms with Crippen molar-refractivity contribution in [2.45, 2.75) is 13.5 Å². The van der Waals surface area contributed by atoms with Crippen molar-refractivity contribution in [3.05, 3.63) is 101 Å². The standard InChI is InChI=1S/C23H19BrN4O/c1-16-21(8-9-22(26-16)18-5-3-6-19(24)13-18)23(29)27-20-7-2-4-17(12-20)14-28-11-10-25-15-28/h2-13,15H,14H2,1H3,(H,27,29). The number of benzene rings is 2. The molecule has 1 N–H and O–H groups in total. The second kappa shape index (κ2) is 8.41. The molecule has 4 rings (SSSR count). The average molecular weight is 447 g/mol. The molecule has 2 aromatic heterocycles. The van der Waals surface area contributed by atoms with E-state index < -0.39 is 0 Å². The van der Waals surface area contributed by atoms with E-state index in [0.29, 0.717) is 17.8 Å². The van der Waals surface area contributed by atoms with Crippen LogP contribution in [-0.2, 0) is 6.54 Å². The highest BCUT2D eigenvalue weighted by Gasteiger charge is 2.12. The maximum atomic E-state index is 12.8. The van der Waals surface area contributed by atoms with Gasteiger partial charge in [-0.15, -0.1) is 0 Å². The van der Waals surface area contributed by atoms with Crippen molar-refractivity contribution < 1.29 is 4.79 Å². The molecule has 0 aliphatic rings. The van der Waals surface area contributed by atoms with Crippen molar-refractivity contribution in [3.8, 4) is 11.3 Å². The predicted molar refractivity (Wildman–Crippen MR) is 118 cm³/mol. The second-order valence-electron chi connectivity index (χ2n) is 6.73. The Hall–Kier alpha value is -3.25. The lowest BCUT2D eigenvalue weighted by Crippen LogP contribution is -2.14. The number of halogens is 1. The van der Waals surface area contributed by atoms with Gasteiger partial charge in [0.05, 0.1) is 23.3 Å². The van der Waals surface area contributed by atoms with Crippen LogP contribution >= 0.6 is 15.9 Å². The van der Waals surface area contributed by atoms with Crippen LogP contribution in [-0.4, -0.2) is 20.4 Å². The molecule has 4 aromatic rings. The molecule has 5 nitrogen and oxygen atoms in total. The van der Waals surface area contributed by atoms with E-state index in [9.17, 15) is 4.79 Å². The molecule has 144 valence electrons. The third kappa shape index (κ3) is 4.60. The summed E-state index contributed by atoms with van der Waals surface area (Å²) < 4.78 is 2.97. The summed E-state index contributed by atoms with van der Waals surface area (Å²) in [5.74, 6) is -0.171. The molecule has 0 saturated carbocycles. The molecule has 2 heterocycles. The van der Waals surface area contributed by atoms with Gasteiger partial charge in [0.1, 0.15) is 0 Å². The quantitative estimate of drug-likeness (QED) is 0.451. The SMILES string of the molecule is Cc1nc(-c2cccc(Br)c2)ccc1C(=O)Nc1cccc(Cn2ccnc2)c1. The third-order valence-electron chi connectivity index (χ3n) is 4.56. The number of amides is 1. The van der Waals surface area contributed by atoms with E-state index in [1.807, 2.05) is 78.4 Å². The van der Waals surface area contributed by atoms with E-state index in [-0.39, 0.29) is 5.91 Å². The summed E-state index contributed by atoms with van der Waals surface area (Å²) in [6.07, 6.45) is 5.43. The Morgan fingerprint density at radius 2 is 1.97 bits per heavy atom. The van der Waals surface area contributed by atoms with Crippen LogP contribution in [0.25, 0.3) is 11.3 Å². The van der Waals surface area contributed by atoms with Crippen molar-refractivity contribution in [1.29, 1.82) is 0 Å². The molecule has 6 heteroatoms. The summed E-state index contributed by atoms with van der Waals surface area (Å²) in [6.45, 7) is 2.55. The third-order valence-corrected chi connectivity index (χ3v) is 5.05. The van der Waals surface area contributed by atoms with Crippen LogP contribution in [0.4, 0.5) is 5.69 Å². The summed E-state index contributed by atoms with van der Waals surface area (Å²) in [5, 5.41) is 2.98. The Morgan fingerprint density at radius 3 is 2.72 bits per heavy atom. The van der Waals surface area contributed by atoms with E-state index >= 15 is 0 Å². The number of hydrogen-bond donors (Lipinski definition) is 1. The molecule has 0 atom stereocenters. The minimum absolute atomic E-state index is 0.171. The van der Waals surface area contributed by atoms with Crippen LogP contribution in [0.3, 0.4) is 0 Å². The zero-order valence-electron chi connectivity index (χ0n) is 15.8. The molecule has 0 unspecified atom stereocenters. The average Bonchev–Trinajstić information content (AvgIpc) is 3.21. The predicted octanol–water partition coefficient (Wildman–Crippen LogP) is 5.32. The molecular formula is C23H19BrN4O. The lowest BCUT2D eigenvalue weighted by Gasteiger charge is -2.11. The number of carbonyl (C=O) groups is 1. The summed E-state index contributed by atoms with van der Waals surface area (Å²) in [4.78, 5) is 21.5. The molecule has 0 aliphatic carbocycles. The van der Waals surface area contributed by atoms with Crippen LogP contribution in [0.15, 0.2) is 83.9 Å². The van der Waals surface area contributed by atoms with E-state index in [4.69, 9.17) is 0 Å². The first-order valence-electron chi connectivity index (χ1n) is 9.18. The highest BCUT2D eigenvalue weighted by molar-refractivity contribution is 9.10. The van der Waals surface area contributed by atoms with Crippen molar-refractivity contribution in [1.82, 2.24) is 14.5 Å². The van der Waals surface area contributed by atoms with Gasteiger partial charge in [0.2, 0.25) is 0 Å². The van der Waals surface area contributed by atoms with Crippen LogP contribution < -0.4 is 5.32 Å². The monoisotopic (exact) mass is 446 g/mol. The molecule has 29 heavy (non-hydrogen) atoms. The fourth-order valence-electron chi connectivity index (χ4n) is 3.15. The Bertz CT molecular complexity index is 1160. The maximum absolute atomic E-state index is 12.8. The van der Waals surface area contributed by atoms with E-state index in [1.54, 1.807) is 12.5 Å². The summed E-state index contributed by atoms with van der Waals surface area (Å²) >= 11 is 3.48. The van der Waals surface area contributed by atoms with Gasteiger partial charge in [-0.2, -0.15) is 0 Å². The lowest BCUT2D eigenvalue weighted by molar-refractivity contribution is 0.102. The number of rotatable bonds is 5. The van der Waals surface area contributed by atoms with Gasteiger partial charge in [-0.25, -0.2) is 4.98 Å². The maximum Gasteiger partial charge on any atom is 0.257 e. The molecule has 0 spiro atoms. The first kappa shape index (κ1) is 19.1. The normalized spacial score (nSPS) is 10.7. The fraction of sp³-hybridized carbons (Fsp3) is 0.0870. The second-order valence-corrected chi connectivity index (χ2v) is 7.65. The largest absolute Gasteiger partial charge is 0.333 e. The van der Waals surface area contributed by atoms with E-state index in [2.05, 4.69) is 31.2 Å². The lowest BCUT2D eigenvalue weighted by atomic mass is 10.1. The summed E-state index contributed by atoms with van der Waals surface area (Å²) in [5.41, 5.74) is 4.92. The summed E-state index contributed by atoms with van der Waals surface area (Å²) in [7, 11) is 0. The van der Waals surface area contributed by atoms with Crippen molar-refractivity contribution in [2.75, 3.05) is 5.32 Å². The molecule has 0 radical (unpaired) electrons. The van der Waals surface area contributed by atoms with Gasteiger partial charge in [0.15, 0.2) is 0 Å². The van der Waals surface area contributed by atoms with Gasteiger partial charge in [0.25, 0.3) is 5.91 Å². The zero-order valence-corrected chi connectivity index (χ0v) is 17.4. The Balaban J connectivity index is 1.51. The first-order chi connectivity index (χ1) is 14.1. The molecule has 0 saturated heterocycles. The van der Waals surface area contributed by atoms with Gasteiger partial charge < -0.3 is 9.88 Å². The smallest absolute Gasteiger partial charge is 0.257 e. The number of anilines is 1. The number of pyridine rings is 1. The Labute approximate surface area is 177 Å². The molecule has 0 bridgehead atoms. The minimum Gasteiger partial charge on any atom is -0.333 e. The van der Waals surface area contributed by atoms with Crippen molar-refractivity contribution in [3.63, 3.8) is 0 Å². The summed E-state index contributed by atoms with van der Waals surface area (Å²) in [6, 6.07) is 19.4. The number of nitrogens with zero attached hydrogens (tertiary/aromatic N) is 3. The molecule has 1 amide bonds. The van der Waals surface area contributed by atoms with E-state index in [1.165, 1.54) is 0 Å². The van der Waals surface area contributed by atoms with Crippen molar-refractivity contribution in [2.24, 2.45) is 0 Å². The van der Waals surface area contributed by atoms with Crippen LogP contribution in [0, 0.1) is 6.92 Å². The van der Waals surface area contributed by atoms with Gasteiger partial charge in [-0.1, -0.05) is 40.2 Å². The highest BCUT2D eigenvalue weighted by atomic mass is 79.9. The first-order valence-corrected chi connectivity index (χ1v) is 9.97. The number of carbonyl (C=O) groups excluding carboxylic acids is 1. The van der Waals surface area contributed by atoms with Gasteiger partial charge in [-0.05, 0) is 48.9 Å². The van der Waals surface area contributed by atoms with Crippen molar-refractivity contribution >= 4 is 27.5 Å². The number of imidazole rings is 1. The number of aromatic nitrogens is 3.